The summed E-state index contributed by atoms with van der Waals surface area (Å²) < 4.78 is 53.4. The van der Waals surface area contributed by atoms with E-state index in [9.17, 15) is 17.2 Å². The van der Waals surface area contributed by atoms with Gasteiger partial charge in [-0.1, -0.05) is 13.8 Å². The first-order valence-corrected chi connectivity index (χ1v) is 9.91. The summed E-state index contributed by atoms with van der Waals surface area (Å²) in [5.74, 6) is -0.759. The van der Waals surface area contributed by atoms with E-state index in [2.05, 4.69) is 18.7 Å². The number of halogens is 2. The van der Waals surface area contributed by atoms with E-state index in [-0.39, 0.29) is 4.90 Å². The Hall–Kier alpha value is -1.05. The Kier molecular flexibility index (Phi) is 4.95. The minimum Gasteiger partial charge on any atom is -0.300 e. The summed E-state index contributed by atoms with van der Waals surface area (Å²) in [6.07, 6.45) is 1.92. The van der Waals surface area contributed by atoms with Gasteiger partial charge in [-0.3, -0.25) is 4.90 Å². The summed E-state index contributed by atoms with van der Waals surface area (Å²) in [6, 6.07) is 2.91. The average Bonchev–Trinajstić information content (AvgIpc) is 2.46. The Morgan fingerprint density at radius 1 is 1.17 bits per heavy atom. The van der Waals surface area contributed by atoms with E-state index in [0.29, 0.717) is 37.0 Å². The minimum atomic E-state index is -3.84. The molecule has 1 aromatic rings. The third-order valence-corrected chi connectivity index (χ3v) is 6.91. The molecule has 24 heavy (non-hydrogen) atoms. The third-order valence-electron chi connectivity index (χ3n) is 5.06. The van der Waals surface area contributed by atoms with Crippen LogP contribution in [0.2, 0.25) is 0 Å². The number of hydrogen-bond donors (Lipinski definition) is 0. The molecule has 2 aliphatic heterocycles. The maximum Gasteiger partial charge on any atom is 0.243 e. The number of rotatable bonds is 5. The van der Waals surface area contributed by atoms with Crippen LogP contribution in [0.5, 0.6) is 0 Å². The van der Waals surface area contributed by atoms with Crippen molar-refractivity contribution in [2.75, 3.05) is 26.2 Å². The molecule has 0 radical (unpaired) electrons. The van der Waals surface area contributed by atoms with Crippen LogP contribution in [0, 0.1) is 23.5 Å². The number of piperidine rings is 1. The summed E-state index contributed by atoms with van der Waals surface area (Å²) >= 11 is 0. The standard InChI is InChI=1S/C17H24F2N2O2S/c1-12(2)3-5-20-10-13-11-21(6-4-17(13)20)24(22,23)16-8-14(18)7-15(19)9-16/h7-9,12-13,17H,3-6,10-11H2,1-2H3/t13-,17-/m1/s1. The first-order chi connectivity index (χ1) is 11.3. The van der Waals surface area contributed by atoms with Crippen molar-refractivity contribution in [3.8, 4) is 0 Å². The fourth-order valence-corrected chi connectivity index (χ4v) is 5.23. The van der Waals surface area contributed by atoms with Crippen LogP contribution < -0.4 is 0 Å². The van der Waals surface area contributed by atoms with Gasteiger partial charge in [-0.2, -0.15) is 4.31 Å². The minimum absolute atomic E-state index is 0.297. The number of benzene rings is 1. The van der Waals surface area contributed by atoms with Crippen molar-refractivity contribution >= 4 is 10.0 Å². The van der Waals surface area contributed by atoms with E-state index in [1.165, 1.54) is 4.31 Å². The zero-order chi connectivity index (χ0) is 17.5. The highest BCUT2D eigenvalue weighted by Gasteiger charge is 2.44. The summed E-state index contributed by atoms with van der Waals surface area (Å²) in [7, 11) is -3.84. The van der Waals surface area contributed by atoms with E-state index in [1.807, 2.05) is 0 Å². The molecule has 0 unspecified atom stereocenters. The number of hydrogen-bond acceptors (Lipinski definition) is 3. The van der Waals surface area contributed by atoms with E-state index >= 15 is 0 Å². The predicted octanol–water partition coefficient (Wildman–Crippen LogP) is 2.71. The normalized spacial score (nSPS) is 25.5. The van der Waals surface area contributed by atoms with Gasteiger partial charge in [0, 0.05) is 37.7 Å². The summed E-state index contributed by atoms with van der Waals surface area (Å²) in [5, 5.41) is 0. The van der Waals surface area contributed by atoms with Gasteiger partial charge in [0.1, 0.15) is 11.6 Å². The van der Waals surface area contributed by atoms with Crippen molar-refractivity contribution in [2.24, 2.45) is 11.8 Å². The molecule has 2 atom stereocenters. The number of sulfonamides is 1. The van der Waals surface area contributed by atoms with Gasteiger partial charge in [0.15, 0.2) is 0 Å². The van der Waals surface area contributed by atoms with E-state index in [4.69, 9.17) is 0 Å². The Bertz CT molecular complexity index is 688. The molecule has 134 valence electrons. The van der Waals surface area contributed by atoms with Gasteiger partial charge in [-0.15, -0.1) is 0 Å². The van der Waals surface area contributed by atoms with Crippen LogP contribution in [0.15, 0.2) is 23.1 Å². The molecule has 7 heteroatoms. The van der Waals surface area contributed by atoms with Crippen LogP contribution in [0.3, 0.4) is 0 Å². The highest BCUT2D eigenvalue weighted by Crippen LogP contribution is 2.35. The molecular formula is C17H24F2N2O2S. The maximum absolute atomic E-state index is 13.3. The molecule has 0 aliphatic carbocycles. The Labute approximate surface area is 142 Å². The topological polar surface area (TPSA) is 40.6 Å². The Morgan fingerprint density at radius 3 is 2.42 bits per heavy atom. The van der Waals surface area contributed by atoms with Crippen LogP contribution in [-0.4, -0.2) is 49.8 Å². The van der Waals surface area contributed by atoms with Crippen LogP contribution in [-0.2, 0) is 10.0 Å². The SMILES string of the molecule is CC(C)CCN1C[C@@H]2CN(S(=O)(=O)c3cc(F)cc(F)c3)CC[C@H]21. The van der Waals surface area contributed by atoms with Crippen LogP contribution in [0.4, 0.5) is 8.78 Å². The molecule has 0 saturated carbocycles. The second-order valence-electron chi connectivity index (χ2n) is 7.26. The molecule has 0 bridgehead atoms. The highest BCUT2D eigenvalue weighted by atomic mass is 32.2. The van der Waals surface area contributed by atoms with Gasteiger partial charge in [-0.25, -0.2) is 17.2 Å². The van der Waals surface area contributed by atoms with Crippen LogP contribution >= 0.6 is 0 Å². The van der Waals surface area contributed by atoms with Crippen molar-refractivity contribution < 1.29 is 17.2 Å². The lowest BCUT2D eigenvalue weighted by Crippen LogP contribution is -2.64. The average molecular weight is 358 g/mol. The van der Waals surface area contributed by atoms with Gasteiger partial charge >= 0.3 is 0 Å². The highest BCUT2D eigenvalue weighted by molar-refractivity contribution is 7.89. The van der Waals surface area contributed by atoms with Crippen molar-refractivity contribution in [2.45, 2.75) is 37.6 Å². The second kappa shape index (κ2) is 6.69. The Balaban J connectivity index is 1.66. The second-order valence-corrected chi connectivity index (χ2v) is 9.20. The predicted molar refractivity (Wildman–Crippen MR) is 88.0 cm³/mol. The van der Waals surface area contributed by atoms with Gasteiger partial charge in [0.2, 0.25) is 10.0 Å². The monoisotopic (exact) mass is 358 g/mol. The molecule has 2 saturated heterocycles. The van der Waals surface area contributed by atoms with Gasteiger partial charge < -0.3 is 0 Å². The van der Waals surface area contributed by atoms with Crippen molar-refractivity contribution in [1.29, 1.82) is 0 Å². The first kappa shape index (κ1) is 17.8. The fourth-order valence-electron chi connectivity index (χ4n) is 3.67. The molecule has 0 spiro atoms. The van der Waals surface area contributed by atoms with E-state index in [1.54, 1.807) is 0 Å². The number of likely N-dealkylation sites (tertiary alicyclic amines) is 1. The Morgan fingerprint density at radius 2 is 1.83 bits per heavy atom. The van der Waals surface area contributed by atoms with Crippen LogP contribution in [0.1, 0.15) is 26.7 Å². The van der Waals surface area contributed by atoms with E-state index in [0.717, 1.165) is 38.1 Å². The maximum atomic E-state index is 13.3. The van der Waals surface area contributed by atoms with Gasteiger partial charge in [0.25, 0.3) is 0 Å². The van der Waals surface area contributed by atoms with Crippen LogP contribution in [0.25, 0.3) is 0 Å². The lowest BCUT2D eigenvalue weighted by molar-refractivity contribution is -0.0266. The lowest BCUT2D eigenvalue weighted by atomic mass is 9.83. The molecule has 1 aromatic carbocycles. The largest absolute Gasteiger partial charge is 0.300 e. The molecule has 0 aromatic heterocycles. The van der Waals surface area contributed by atoms with Gasteiger partial charge in [-0.05, 0) is 37.4 Å². The van der Waals surface area contributed by atoms with E-state index < -0.39 is 21.7 Å². The summed E-state index contributed by atoms with van der Waals surface area (Å²) in [4.78, 5) is 2.13. The van der Waals surface area contributed by atoms with Gasteiger partial charge in [0.05, 0.1) is 4.90 Å². The summed E-state index contributed by atoms with van der Waals surface area (Å²) in [6.45, 7) is 7.19. The fraction of sp³-hybridized carbons (Fsp3) is 0.647. The third kappa shape index (κ3) is 3.48. The molecular weight excluding hydrogens is 334 g/mol. The van der Waals surface area contributed by atoms with Crippen molar-refractivity contribution in [3.63, 3.8) is 0 Å². The zero-order valence-electron chi connectivity index (χ0n) is 14.1. The molecule has 2 fully saturated rings. The van der Waals surface area contributed by atoms with Crippen molar-refractivity contribution in [3.05, 3.63) is 29.8 Å². The number of fused-ring (bicyclic) bond motifs is 1. The molecule has 0 N–H and O–H groups in total. The number of nitrogens with zero attached hydrogens (tertiary/aromatic N) is 2. The van der Waals surface area contributed by atoms with Crippen molar-refractivity contribution in [1.82, 2.24) is 9.21 Å². The quantitative estimate of drug-likeness (QED) is 0.813. The first-order valence-electron chi connectivity index (χ1n) is 8.47. The molecule has 2 aliphatic rings. The summed E-state index contributed by atoms with van der Waals surface area (Å²) in [5.41, 5.74) is 0. The lowest BCUT2D eigenvalue weighted by Gasteiger charge is -2.53. The molecule has 0 amide bonds. The molecule has 4 nitrogen and oxygen atoms in total. The smallest absolute Gasteiger partial charge is 0.243 e. The molecule has 3 rings (SSSR count). The zero-order valence-corrected chi connectivity index (χ0v) is 14.9. The molecule has 2 heterocycles.